The molecule has 38 heavy (non-hydrogen) atoms. The van der Waals surface area contributed by atoms with Gasteiger partial charge in [-0.15, -0.1) is 0 Å². The van der Waals surface area contributed by atoms with Crippen molar-refractivity contribution in [2.75, 3.05) is 20.2 Å². The minimum absolute atomic E-state index is 0.0944. The highest BCUT2D eigenvalue weighted by atomic mass is 35.5. The predicted octanol–water partition coefficient (Wildman–Crippen LogP) is 3.71. The van der Waals surface area contributed by atoms with E-state index in [1.54, 1.807) is 30.2 Å². The molecule has 2 saturated heterocycles. The first-order chi connectivity index (χ1) is 18.3. The Bertz CT molecular complexity index is 1230. The Hall–Kier alpha value is -2.80. The first kappa shape index (κ1) is 26.8. The zero-order valence-electron chi connectivity index (χ0n) is 21.8. The fourth-order valence-electron chi connectivity index (χ4n) is 6.68. The molecule has 3 aliphatic rings. The zero-order valence-corrected chi connectivity index (χ0v) is 22.5. The van der Waals surface area contributed by atoms with Gasteiger partial charge in [0.25, 0.3) is 5.91 Å². The van der Waals surface area contributed by atoms with Gasteiger partial charge in [0.15, 0.2) is 0 Å². The van der Waals surface area contributed by atoms with E-state index in [0.717, 1.165) is 45.1 Å². The number of nitrogens with zero attached hydrogens (tertiary/aromatic N) is 2. The first-order valence-corrected chi connectivity index (χ1v) is 14.0. The number of aliphatic hydroxyl groups is 1. The summed E-state index contributed by atoms with van der Waals surface area (Å²) >= 11 is 6.39. The SMILES string of the molecule is COc1ccc(Cl)c2[nH]c(C(=O)N3CC4(CCCCC4)C[C@H]3C(=O)N[C@H](C#N)C[C@@H]3CCCNC3O)cc12. The third-order valence-electron chi connectivity index (χ3n) is 8.70. The molecule has 10 heteroatoms. The van der Waals surface area contributed by atoms with Crippen LogP contribution in [0.4, 0.5) is 0 Å². The van der Waals surface area contributed by atoms with Gasteiger partial charge in [-0.1, -0.05) is 30.9 Å². The molecule has 9 nitrogen and oxygen atoms in total. The van der Waals surface area contributed by atoms with Crippen LogP contribution in [0.5, 0.6) is 5.75 Å². The standard InChI is InChI=1S/C28H36ClN5O4/c1-38-23-8-7-20(29)24-19(23)13-21(33-24)27(37)34-16-28(9-3-2-4-10-28)14-22(34)26(36)32-18(15-30)12-17-6-5-11-31-25(17)35/h7-8,13,17-18,22,25,31,33,35H,2-6,9-12,14,16H2,1H3,(H,32,36)/t17-,18-,22-,25?/m0/s1. The van der Waals surface area contributed by atoms with E-state index in [1.165, 1.54) is 6.42 Å². The summed E-state index contributed by atoms with van der Waals surface area (Å²) in [6, 6.07) is 6.00. The lowest BCUT2D eigenvalue weighted by Gasteiger charge is -2.32. The number of aromatic amines is 1. The molecule has 1 unspecified atom stereocenters. The Labute approximate surface area is 227 Å². The van der Waals surface area contributed by atoms with Crippen molar-refractivity contribution in [2.45, 2.75) is 76.1 Å². The van der Waals surface area contributed by atoms with Gasteiger partial charge in [-0.2, -0.15) is 5.26 Å². The fraction of sp³-hybridized carbons (Fsp3) is 0.607. The molecule has 0 radical (unpaired) electrons. The van der Waals surface area contributed by atoms with Crippen LogP contribution in [0.2, 0.25) is 5.02 Å². The molecule has 0 bridgehead atoms. The second-order valence-electron chi connectivity index (χ2n) is 11.2. The number of H-pyrrole nitrogens is 1. The summed E-state index contributed by atoms with van der Waals surface area (Å²) in [5.41, 5.74) is 0.875. The lowest BCUT2D eigenvalue weighted by molar-refractivity contribution is -0.125. The van der Waals surface area contributed by atoms with Gasteiger partial charge in [-0.05, 0) is 68.7 Å². The van der Waals surface area contributed by atoms with Crippen molar-refractivity contribution in [3.05, 3.63) is 28.9 Å². The molecule has 3 fully saturated rings. The van der Waals surface area contributed by atoms with Crippen molar-refractivity contribution < 1.29 is 19.4 Å². The molecule has 1 aromatic heterocycles. The lowest BCUT2D eigenvalue weighted by atomic mass is 9.72. The molecule has 4 atom stereocenters. The number of rotatable bonds is 6. The molecule has 2 aliphatic heterocycles. The second kappa shape index (κ2) is 11.1. The van der Waals surface area contributed by atoms with Crippen LogP contribution in [0.15, 0.2) is 18.2 Å². The number of methoxy groups -OCH3 is 1. The average molecular weight is 542 g/mol. The maximum Gasteiger partial charge on any atom is 0.271 e. The highest BCUT2D eigenvalue weighted by Crippen LogP contribution is 2.47. The number of fused-ring (bicyclic) bond motifs is 1. The molecule has 2 amide bonds. The van der Waals surface area contributed by atoms with Crippen molar-refractivity contribution in [2.24, 2.45) is 11.3 Å². The van der Waals surface area contributed by atoms with Crippen molar-refractivity contribution in [3.8, 4) is 11.8 Å². The van der Waals surface area contributed by atoms with Crippen molar-refractivity contribution >= 4 is 34.3 Å². The van der Waals surface area contributed by atoms with Gasteiger partial charge in [0.05, 0.1) is 23.7 Å². The molecule has 204 valence electrons. The number of nitrogens with one attached hydrogen (secondary N) is 3. The summed E-state index contributed by atoms with van der Waals surface area (Å²) in [4.78, 5) is 32.4. The number of piperidine rings is 1. The normalized spacial score (nSPS) is 25.7. The molecule has 1 aromatic carbocycles. The van der Waals surface area contributed by atoms with Gasteiger partial charge in [-0.3, -0.25) is 14.9 Å². The van der Waals surface area contributed by atoms with Crippen LogP contribution < -0.4 is 15.4 Å². The molecule has 1 saturated carbocycles. The number of amides is 2. The summed E-state index contributed by atoms with van der Waals surface area (Å²) in [5, 5.41) is 27.2. The van der Waals surface area contributed by atoms with E-state index in [4.69, 9.17) is 16.3 Å². The Kier molecular flexibility index (Phi) is 7.85. The van der Waals surface area contributed by atoms with E-state index < -0.39 is 18.3 Å². The van der Waals surface area contributed by atoms with E-state index in [1.807, 2.05) is 0 Å². The van der Waals surface area contributed by atoms with Gasteiger partial charge in [0.2, 0.25) is 5.91 Å². The minimum atomic E-state index is -0.738. The van der Waals surface area contributed by atoms with Gasteiger partial charge >= 0.3 is 0 Å². The molecule has 5 rings (SSSR count). The van der Waals surface area contributed by atoms with Gasteiger partial charge in [-0.25, -0.2) is 0 Å². The molecule has 2 aromatic rings. The largest absolute Gasteiger partial charge is 0.496 e. The third kappa shape index (κ3) is 5.22. The summed E-state index contributed by atoms with van der Waals surface area (Å²) in [7, 11) is 1.57. The van der Waals surface area contributed by atoms with Crippen LogP contribution in [-0.2, 0) is 4.79 Å². The molecular weight excluding hydrogens is 506 g/mol. The average Bonchev–Trinajstić information content (AvgIpc) is 3.53. The molecular formula is C28H36ClN5O4. The van der Waals surface area contributed by atoms with Crippen LogP contribution in [0.1, 0.15) is 68.3 Å². The topological polar surface area (TPSA) is 130 Å². The minimum Gasteiger partial charge on any atom is -0.496 e. The van der Waals surface area contributed by atoms with E-state index in [9.17, 15) is 20.0 Å². The molecule has 3 heterocycles. The second-order valence-corrected chi connectivity index (χ2v) is 11.6. The van der Waals surface area contributed by atoms with Crippen LogP contribution >= 0.6 is 11.6 Å². The van der Waals surface area contributed by atoms with Gasteiger partial charge in [0, 0.05) is 17.8 Å². The van der Waals surface area contributed by atoms with Crippen LogP contribution in [-0.4, -0.2) is 65.3 Å². The number of hydrogen-bond donors (Lipinski definition) is 4. The Balaban J connectivity index is 1.39. The van der Waals surface area contributed by atoms with E-state index in [2.05, 4.69) is 21.7 Å². The number of aliphatic hydroxyl groups excluding tert-OH is 1. The third-order valence-corrected chi connectivity index (χ3v) is 9.02. The van der Waals surface area contributed by atoms with Crippen LogP contribution in [0.25, 0.3) is 10.9 Å². The zero-order chi connectivity index (χ0) is 26.9. The number of aromatic nitrogens is 1. The smallest absolute Gasteiger partial charge is 0.271 e. The van der Waals surface area contributed by atoms with Crippen molar-refractivity contribution in [3.63, 3.8) is 0 Å². The number of benzene rings is 1. The van der Waals surface area contributed by atoms with E-state index in [-0.39, 0.29) is 23.1 Å². The summed E-state index contributed by atoms with van der Waals surface area (Å²) < 4.78 is 5.46. The monoisotopic (exact) mass is 541 g/mol. The Morgan fingerprint density at radius 2 is 2.11 bits per heavy atom. The number of nitriles is 1. The Morgan fingerprint density at radius 3 is 2.82 bits per heavy atom. The first-order valence-electron chi connectivity index (χ1n) is 13.6. The predicted molar refractivity (Wildman–Crippen MR) is 144 cm³/mol. The maximum atomic E-state index is 13.9. The number of likely N-dealkylation sites (tertiary alicyclic amines) is 1. The number of carbonyl (C=O) groups is 2. The van der Waals surface area contributed by atoms with Crippen LogP contribution in [0, 0.1) is 22.7 Å². The van der Waals surface area contributed by atoms with Crippen molar-refractivity contribution in [1.29, 1.82) is 5.26 Å². The van der Waals surface area contributed by atoms with Gasteiger partial charge < -0.3 is 25.0 Å². The summed E-state index contributed by atoms with van der Waals surface area (Å²) in [5.74, 6) is -0.0687. The molecule has 1 spiro atoms. The highest BCUT2D eigenvalue weighted by Gasteiger charge is 2.49. The van der Waals surface area contributed by atoms with Crippen LogP contribution in [0.3, 0.4) is 0 Å². The number of ether oxygens (including phenoxy) is 1. The molecule has 1 aliphatic carbocycles. The van der Waals surface area contributed by atoms with E-state index in [0.29, 0.717) is 46.8 Å². The molecule has 4 N–H and O–H groups in total. The quantitative estimate of drug-likeness (QED) is 0.441. The number of hydrogen-bond acceptors (Lipinski definition) is 6. The Morgan fingerprint density at radius 1 is 1.32 bits per heavy atom. The summed E-state index contributed by atoms with van der Waals surface area (Å²) in [6.45, 7) is 1.25. The summed E-state index contributed by atoms with van der Waals surface area (Å²) in [6.07, 6.45) is 7.28. The van der Waals surface area contributed by atoms with Crippen molar-refractivity contribution in [1.82, 2.24) is 20.5 Å². The lowest BCUT2D eigenvalue weighted by Crippen LogP contribution is -2.50. The van der Waals surface area contributed by atoms with Gasteiger partial charge in [0.1, 0.15) is 29.8 Å². The van der Waals surface area contributed by atoms with E-state index >= 15 is 0 Å². The highest BCUT2D eigenvalue weighted by molar-refractivity contribution is 6.35. The number of carbonyl (C=O) groups excluding carboxylic acids is 2. The number of halogens is 1. The maximum absolute atomic E-state index is 13.9. The fourth-order valence-corrected chi connectivity index (χ4v) is 6.89.